The number of phenolic OH excluding ortho intramolecular Hbond substituents is 1. The van der Waals surface area contributed by atoms with E-state index in [-0.39, 0.29) is 0 Å². The van der Waals surface area contributed by atoms with Crippen LogP contribution in [0.25, 0.3) is 0 Å². The number of halogens is 1. The van der Waals surface area contributed by atoms with Crippen molar-refractivity contribution < 1.29 is 5.11 Å². The molecule has 0 aliphatic carbocycles. The highest BCUT2D eigenvalue weighted by Crippen LogP contribution is 2.27. The van der Waals surface area contributed by atoms with Gasteiger partial charge in [-0.15, -0.1) is 11.6 Å². The number of rotatable bonds is 3. The van der Waals surface area contributed by atoms with Gasteiger partial charge in [0, 0.05) is 18.5 Å². The second-order valence-corrected chi connectivity index (χ2v) is 4.94. The average molecular weight is 240 g/mol. The van der Waals surface area contributed by atoms with Gasteiger partial charge in [-0.05, 0) is 36.6 Å². The third kappa shape index (κ3) is 2.50. The Hall–Kier alpha value is -0.730. The molecule has 1 N–H and O–H groups in total. The minimum Gasteiger partial charge on any atom is -0.508 e. The quantitative estimate of drug-likeness (QED) is 0.820. The normalized spacial score (nSPS) is 26.1. The van der Waals surface area contributed by atoms with E-state index in [1.54, 1.807) is 6.07 Å². The Morgan fingerprint density at radius 3 is 3.00 bits per heavy atom. The summed E-state index contributed by atoms with van der Waals surface area (Å²) >= 11 is 6.00. The minimum atomic E-state index is 0.340. The van der Waals surface area contributed by atoms with Gasteiger partial charge in [0.15, 0.2) is 0 Å². The molecule has 16 heavy (non-hydrogen) atoms. The zero-order valence-corrected chi connectivity index (χ0v) is 10.3. The maximum atomic E-state index is 9.42. The fourth-order valence-electron chi connectivity index (χ4n) is 2.42. The summed E-state index contributed by atoms with van der Waals surface area (Å²) in [4.78, 5) is 2.41. The first-order valence-electron chi connectivity index (χ1n) is 5.78. The van der Waals surface area contributed by atoms with E-state index < -0.39 is 0 Å². The Balaban J connectivity index is 2.04. The molecule has 1 heterocycles. The molecule has 1 aliphatic rings. The van der Waals surface area contributed by atoms with E-state index in [1.165, 1.54) is 6.42 Å². The van der Waals surface area contributed by atoms with Crippen LogP contribution in [-0.4, -0.2) is 28.5 Å². The van der Waals surface area contributed by atoms with Gasteiger partial charge in [-0.25, -0.2) is 0 Å². The molecular weight excluding hydrogens is 222 g/mol. The van der Waals surface area contributed by atoms with Crippen molar-refractivity contribution in [3.8, 4) is 5.75 Å². The van der Waals surface area contributed by atoms with E-state index in [4.69, 9.17) is 11.6 Å². The molecule has 1 aromatic rings. The number of hydrogen-bond donors (Lipinski definition) is 1. The van der Waals surface area contributed by atoms with Gasteiger partial charge in [0.25, 0.3) is 0 Å². The van der Waals surface area contributed by atoms with Crippen LogP contribution in [0.2, 0.25) is 0 Å². The summed E-state index contributed by atoms with van der Waals surface area (Å²) in [6.45, 7) is 4.25. The molecule has 88 valence electrons. The maximum absolute atomic E-state index is 9.42. The van der Waals surface area contributed by atoms with Crippen LogP contribution >= 0.6 is 11.6 Å². The molecule has 0 radical (unpaired) electrons. The van der Waals surface area contributed by atoms with Gasteiger partial charge in [0.2, 0.25) is 0 Å². The minimum absolute atomic E-state index is 0.340. The molecule has 1 saturated heterocycles. The molecule has 1 aromatic carbocycles. The lowest BCUT2D eigenvalue weighted by molar-refractivity contribution is 0.242. The molecule has 1 aliphatic heterocycles. The Morgan fingerprint density at radius 1 is 1.50 bits per heavy atom. The molecular formula is C13H18ClNO. The summed E-state index contributed by atoms with van der Waals surface area (Å²) in [5.41, 5.74) is 1.16. The second kappa shape index (κ2) is 5.07. The first kappa shape index (κ1) is 11.7. The molecule has 3 heteroatoms. The third-order valence-corrected chi connectivity index (χ3v) is 3.77. The summed E-state index contributed by atoms with van der Waals surface area (Å²) in [6, 6.07) is 7.95. The molecule has 0 amide bonds. The lowest BCUT2D eigenvalue weighted by Crippen LogP contribution is -2.33. The topological polar surface area (TPSA) is 23.5 Å². The molecule has 2 atom stereocenters. The summed E-state index contributed by atoms with van der Waals surface area (Å²) in [5, 5.41) is 9.42. The van der Waals surface area contributed by atoms with Gasteiger partial charge in [-0.3, -0.25) is 4.90 Å². The fraction of sp³-hybridized carbons (Fsp3) is 0.538. The first-order valence-corrected chi connectivity index (χ1v) is 6.32. The van der Waals surface area contributed by atoms with E-state index in [1.807, 2.05) is 18.2 Å². The molecule has 0 saturated carbocycles. The summed E-state index contributed by atoms with van der Waals surface area (Å²) in [6.07, 6.45) is 1.22. The van der Waals surface area contributed by atoms with Gasteiger partial charge in [0.1, 0.15) is 5.75 Å². The van der Waals surface area contributed by atoms with Crippen molar-refractivity contribution in [2.75, 3.05) is 12.4 Å². The summed E-state index contributed by atoms with van der Waals surface area (Å²) in [5.74, 6) is 1.71. The van der Waals surface area contributed by atoms with Crippen LogP contribution in [0.4, 0.5) is 0 Å². The van der Waals surface area contributed by atoms with Crippen molar-refractivity contribution in [2.45, 2.75) is 25.9 Å². The Kier molecular flexibility index (Phi) is 3.72. The number of phenols is 1. The number of hydrogen-bond acceptors (Lipinski definition) is 2. The predicted octanol–water partition coefficient (Wildman–Crippen LogP) is 2.84. The lowest BCUT2D eigenvalue weighted by atomic mass is 10.0. The molecule has 0 spiro atoms. The van der Waals surface area contributed by atoms with Crippen molar-refractivity contribution in [2.24, 2.45) is 5.92 Å². The number of alkyl halides is 1. The van der Waals surface area contributed by atoms with Crippen LogP contribution in [-0.2, 0) is 6.54 Å². The second-order valence-electron chi connectivity index (χ2n) is 4.63. The highest BCUT2D eigenvalue weighted by Gasteiger charge is 2.29. The van der Waals surface area contributed by atoms with Crippen LogP contribution in [0.1, 0.15) is 18.9 Å². The SMILES string of the molecule is CC1CCN(Cc2cccc(O)c2)C1CCl. The highest BCUT2D eigenvalue weighted by atomic mass is 35.5. The van der Waals surface area contributed by atoms with Crippen LogP contribution < -0.4 is 0 Å². The predicted molar refractivity (Wildman–Crippen MR) is 66.8 cm³/mol. The Bertz CT molecular complexity index is 356. The van der Waals surface area contributed by atoms with Gasteiger partial charge in [0.05, 0.1) is 0 Å². The van der Waals surface area contributed by atoms with Crippen LogP contribution in [0.5, 0.6) is 5.75 Å². The van der Waals surface area contributed by atoms with Gasteiger partial charge >= 0.3 is 0 Å². The van der Waals surface area contributed by atoms with Crippen molar-refractivity contribution >= 4 is 11.6 Å². The van der Waals surface area contributed by atoms with E-state index in [0.29, 0.717) is 23.6 Å². The molecule has 0 bridgehead atoms. The third-order valence-electron chi connectivity index (χ3n) is 3.45. The monoisotopic (exact) mass is 239 g/mol. The van der Waals surface area contributed by atoms with Gasteiger partial charge in [-0.2, -0.15) is 0 Å². The molecule has 0 aromatic heterocycles. The van der Waals surface area contributed by atoms with Crippen molar-refractivity contribution in [3.05, 3.63) is 29.8 Å². The van der Waals surface area contributed by atoms with E-state index >= 15 is 0 Å². The van der Waals surface area contributed by atoms with E-state index in [9.17, 15) is 5.11 Å². The van der Waals surface area contributed by atoms with Crippen LogP contribution in [0.3, 0.4) is 0 Å². The number of benzene rings is 1. The molecule has 2 unspecified atom stereocenters. The molecule has 2 rings (SSSR count). The molecule has 2 nitrogen and oxygen atoms in total. The van der Waals surface area contributed by atoms with Crippen LogP contribution in [0, 0.1) is 5.92 Å². The number of nitrogens with zero attached hydrogens (tertiary/aromatic N) is 1. The van der Waals surface area contributed by atoms with Crippen LogP contribution in [0.15, 0.2) is 24.3 Å². The maximum Gasteiger partial charge on any atom is 0.115 e. The highest BCUT2D eigenvalue weighted by molar-refractivity contribution is 6.18. The van der Waals surface area contributed by atoms with E-state index in [2.05, 4.69) is 11.8 Å². The molecule has 1 fully saturated rings. The Labute approximate surface area is 102 Å². The number of likely N-dealkylation sites (tertiary alicyclic amines) is 1. The lowest BCUT2D eigenvalue weighted by Gasteiger charge is -2.24. The standard InChI is InChI=1S/C13H18ClNO/c1-10-5-6-15(13(10)8-14)9-11-3-2-4-12(16)7-11/h2-4,7,10,13,16H,5-6,8-9H2,1H3. The van der Waals surface area contributed by atoms with E-state index in [0.717, 1.165) is 18.7 Å². The largest absolute Gasteiger partial charge is 0.508 e. The smallest absolute Gasteiger partial charge is 0.115 e. The zero-order chi connectivity index (χ0) is 11.5. The van der Waals surface area contributed by atoms with Crippen molar-refractivity contribution in [1.29, 1.82) is 0 Å². The summed E-state index contributed by atoms with van der Waals surface area (Å²) in [7, 11) is 0. The van der Waals surface area contributed by atoms with Gasteiger partial charge in [-0.1, -0.05) is 19.1 Å². The van der Waals surface area contributed by atoms with Crippen molar-refractivity contribution in [1.82, 2.24) is 4.90 Å². The zero-order valence-electron chi connectivity index (χ0n) is 9.56. The average Bonchev–Trinajstić information content (AvgIpc) is 2.59. The summed E-state index contributed by atoms with van der Waals surface area (Å²) < 4.78 is 0. The van der Waals surface area contributed by atoms with Gasteiger partial charge < -0.3 is 5.11 Å². The number of aromatic hydroxyl groups is 1. The fourth-order valence-corrected chi connectivity index (χ4v) is 2.92. The Morgan fingerprint density at radius 2 is 2.31 bits per heavy atom. The first-order chi connectivity index (χ1) is 7.70. The van der Waals surface area contributed by atoms with Crippen molar-refractivity contribution in [3.63, 3.8) is 0 Å².